The maximum atomic E-state index is 12.9. The molecule has 9 nitrogen and oxygen atoms in total. The van der Waals surface area contributed by atoms with Crippen molar-refractivity contribution in [2.24, 2.45) is 0 Å². The van der Waals surface area contributed by atoms with Gasteiger partial charge in [0.05, 0.1) is 11.5 Å². The molecule has 200 valence electrons. The Kier molecular flexibility index (Phi) is 9.01. The summed E-state index contributed by atoms with van der Waals surface area (Å²) in [6.07, 6.45) is 1.52. The van der Waals surface area contributed by atoms with Gasteiger partial charge in [-0.1, -0.05) is 35.9 Å². The molecule has 0 saturated carbocycles. The van der Waals surface area contributed by atoms with E-state index < -0.39 is 23.6 Å². The van der Waals surface area contributed by atoms with Crippen LogP contribution in [0.4, 0.5) is 16.2 Å². The zero-order valence-electron chi connectivity index (χ0n) is 21.4. The summed E-state index contributed by atoms with van der Waals surface area (Å²) in [5, 5.41) is 4.88. The molecule has 0 bridgehead atoms. The molecule has 0 aromatic heterocycles. The highest BCUT2D eigenvalue weighted by molar-refractivity contribution is 8.18. The van der Waals surface area contributed by atoms with Gasteiger partial charge in [-0.3, -0.25) is 24.1 Å². The van der Waals surface area contributed by atoms with Crippen LogP contribution < -0.4 is 20.1 Å². The molecule has 0 radical (unpaired) electrons. The summed E-state index contributed by atoms with van der Waals surface area (Å²) in [5.74, 6) is -0.392. The molecule has 3 aromatic rings. The largest absolute Gasteiger partial charge is 0.494 e. The number of nitrogens with zero attached hydrogens (tertiary/aromatic N) is 1. The highest BCUT2D eigenvalue weighted by Gasteiger charge is 2.36. The third kappa shape index (κ3) is 7.48. The van der Waals surface area contributed by atoms with Gasteiger partial charge < -0.3 is 20.1 Å². The molecule has 0 aliphatic carbocycles. The fourth-order valence-corrected chi connectivity index (χ4v) is 4.46. The Morgan fingerprint density at radius 1 is 0.872 bits per heavy atom. The van der Waals surface area contributed by atoms with Crippen LogP contribution in [0.15, 0.2) is 77.7 Å². The zero-order valence-corrected chi connectivity index (χ0v) is 22.2. The molecule has 1 fully saturated rings. The van der Waals surface area contributed by atoms with Gasteiger partial charge in [0.1, 0.15) is 18.0 Å². The lowest BCUT2D eigenvalue weighted by molar-refractivity contribution is -0.127. The van der Waals surface area contributed by atoms with Crippen LogP contribution in [-0.2, 0) is 14.4 Å². The van der Waals surface area contributed by atoms with E-state index in [-0.39, 0.29) is 17.4 Å². The number of carbonyl (C=O) groups is 4. The topological polar surface area (TPSA) is 114 Å². The number of hydrogen-bond acceptors (Lipinski definition) is 7. The maximum absolute atomic E-state index is 12.9. The van der Waals surface area contributed by atoms with Gasteiger partial charge in [-0.25, -0.2) is 0 Å². The number of anilines is 2. The number of carbonyl (C=O) groups excluding carboxylic acids is 4. The number of nitrogens with one attached hydrogen (secondary N) is 2. The van der Waals surface area contributed by atoms with Crippen LogP contribution in [0, 0.1) is 6.92 Å². The van der Waals surface area contributed by atoms with Crippen LogP contribution in [-0.4, -0.2) is 47.6 Å². The van der Waals surface area contributed by atoms with E-state index in [4.69, 9.17) is 9.47 Å². The van der Waals surface area contributed by atoms with Crippen LogP contribution in [0.5, 0.6) is 11.5 Å². The van der Waals surface area contributed by atoms with Crippen molar-refractivity contribution in [3.05, 3.63) is 88.8 Å². The fourth-order valence-electron chi connectivity index (χ4n) is 3.63. The summed E-state index contributed by atoms with van der Waals surface area (Å²) in [6.45, 7) is 3.69. The Hall–Kier alpha value is -4.57. The number of hydrogen-bond donors (Lipinski definition) is 2. The first-order valence-corrected chi connectivity index (χ1v) is 13.0. The van der Waals surface area contributed by atoms with Gasteiger partial charge in [-0.2, -0.15) is 0 Å². The van der Waals surface area contributed by atoms with Crippen molar-refractivity contribution < 1.29 is 28.7 Å². The average Bonchev–Trinajstić information content (AvgIpc) is 3.18. The minimum atomic E-state index is -0.584. The highest BCUT2D eigenvalue weighted by atomic mass is 32.2. The number of thioether (sulfide) groups is 1. The summed E-state index contributed by atoms with van der Waals surface area (Å²) >= 11 is 0.736. The van der Waals surface area contributed by atoms with Crippen molar-refractivity contribution in [1.82, 2.24) is 4.90 Å². The normalized spacial score (nSPS) is 13.9. The number of benzene rings is 3. The van der Waals surface area contributed by atoms with Crippen molar-refractivity contribution in [3.8, 4) is 11.5 Å². The number of para-hydroxylation sites is 1. The van der Waals surface area contributed by atoms with Gasteiger partial charge in [0.2, 0.25) is 5.91 Å². The second-order valence-electron chi connectivity index (χ2n) is 8.51. The van der Waals surface area contributed by atoms with Crippen molar-refractivity contribution >= 4 is 52.2 Å². The molecular formula is C29H27N3O6S. The number of amides is 4. The van der Waals surface area contributed by atoms with Crippen molar-refractivity contribution in [2.45, 2.75) is 13.8 Å². The molecule has 4 rings (SSSR count). The maximum Gasteiger partial charge on any atom is 0.294 e. The highest BCUT2D eigenvalue weighted by Crippen LogP contribution is 2.34. The van der Waals surface area contributed by atoms with E-state index in [1.54, 1.807) is 60.7 Å². The first-order chi connectivity index (χ1) is 18.8. The molecule has 2 N–H and O–H groups in total. The molecular weight excluding hydrogens is 518 g/mol. The summed E-state index contributed by atoms with van der Waals surface area (Å²) < 4.78 is 11.1. The second kappa shape index (κ2) is 12.8. The quantitative estimate of drug-likeness (QED) is 0.341. The molecule has 1 aliphatic heterocycles. The molecule has 0 spiro atoms. The van der Waals surface area contributed by atoms with Crippen LogP contribution in [0.2, 0.25) is 0 Å². The summed E-state index contributed by atoms with van der Waals surface area (Å²) in [7, 11) is 0. The molecule has 10 heteroatoms. The average molecular weight is 546 g/mol. The molecule has 0 atom stereocenters. The molecule has 1 aliphatic rings. The Morgan fingerprint density at radius 2 is 1.51 bits per heavy atom. The van der Waals surface area contributed by atoms with Crippen molar-refractivity contribution in [2.75, 3.05) is 30.4 Å². The van der Waals surface area contributed by atoms with Crippen LogP contribution >= 0.6 is 11.8 Å². The number of ether oxygens (including phenoxy) is 2. The third-order valence-electron chi connectivity index (χ3n) is 5.52. The van der Waals surface area contributed by atoms with E-state index in [0.717, 1.165) is 22.2 Å². The Balaban J connectivity index is 1.37. The van der Waals surface area contributed by atoms with Gasteiger partial charge in [-0.15, -0.1) is 0 Å². The fraction of sp³-hybridized carbons (Fsp3) is 0.172. The Bertz CT molecular complexity index is 1400. The molecule has 1 saturated heterocycles. The van der Waals surface area contributed by atoms with Crippen LogP contribution in [0.3, 0.4) is 0 Å². The molecule has 4 amide bonds. The van der Waals surface area contributed by atoms with Gasteiger partial charge >= 0.3 is 0 Å². The van der Waals surface area contributed by atoms with Gasteiger partial charge in [0, 0.05) is 16.9 Å². The van der Waals surface area contributed by atoms with E-state index >= 15 is 0 Å². The van der Waals surface area contributed by atoms with Gasteiger partial charge in [0.25, 0.3) is 17.1 Å². The standard InChI is InChI=1S/C29H27N3O6S/c1-3-37-23-14-12-22(13-15-23)30-26(33)17-32-28(35)25(39-29(32)36)16-20-6-4-5-7-24(20)38-18-27(34)31-21-10-8-19(2)9-11-21/h4-16H,3,17-18H2,1-2H3,(H,30,33)(H,31,34)/b25-16+. The summed E-state index contributed by atoms with van der Waals surface area (Å²) in [4.78, 5) is 51.4. The molecule has 1 heterocycles. The second-order valence-corrected chi connectivity index (χ2v) is 9.51. The third-order valence-corrected chi connectivity index (χ3v) is 6.43. The Morgan fingerprint density at radius 3 is 2.21 bits per heavy atom. The van der Waals surface area contributed by atoms with E-state index in [1.807, 2.05) is 26.0 Å². The van der Waals surface area contributed by atoms with Crippen LogP contribution in [0.25, 0.3) is 6.08 Å². The first kappa shape index (κ1) is 27.5. The Labute approximate surface area is 230 Å². The number of aryl methyl sites for hydroxylation is 1. The number of rotatable bonds is 10. The lowest BCUT2D eigenvalue weighted by atomic mass is 10.2. The number of imide groups is 1. The van der Waals surface area contributed by atoms with E-state index in [2.05, 4.69) is 10.6 Å². The van der Waals surface area contributed by atoms with Gasteiger partial charge in [-0.05, 0) is 74.1 Å². The minimum absolute atomic E-state index is 0.147. The van der Waals surface area contributed by atoms with Crippen LogP contribution in [0.1, 0.15) is 18.1 Å². The monoisotopic (exact) mass is 545 g/mol. The SMILES string of the molecule is CCOc1ccc(NC(=O)CN2C(=O)S/C(=C/c3ccccc3OCC(=O)Nc3ccc(C)cc3)C2=O)cc1. The van der Waals surface area contributed by atoms with Gasteiger partial charge in [0.15, 0.2) is 6.61 Å². The molecule has 3 aromatic carbocycles. The molecule has 0 unspecified atom stereocenters. The van der Waals surface area contributed by atoms with E-state index in [1.165, 1.54) is 6.08 Å². The van der Waals surface area contributed by atoms with E-state index in [0.29, 0.717) is 35.0 Å². The van der Waals surface area contributed by atoms with Crippen molar-refractivity contribution in [1.29, 1.82) is 0 Å². The zero-order chi connectivity index (χ0) is 27.8. The van der Waals surface area contributed by atoms with Crippen molar-refractivity contribution in [3.63, 3.8) is 0 Å². The summed E-state index contributed by atoms with van der Waals surface area (Å²) in [6, 6.07) is 21.0. The predicted molar refractivity (Wildman–Crippen MR) is 151 cm³/mol. The smallest absolute Gasteiger partial charge is 0.294 e. The predicted octanol–water partition coefficient (Wildman–Crippen LogP) is 5.09. The minimum Gasteiger partial charge on any atom is -0.494 e. The summed E-state index contributed by atoms with van der Waals surface area (Å²) in [5.41, 5.74) is 2.77. The lowest BCUT2D eigenvalue weighted by Crippen LogP contribution is -2.36. The van der Waals surface area contributed by atoms with E-state index in [9.17, 15) is 19.2 Å². The lowest BCUT2D eigenvalue weighted by Gasteiger charge is -2.13. The molecule has 39 heavy (non-hydrogen) atoms. The first-order valence-electron chi connectivity index (χ1n) is 12.2.